The van der Waals surface area contributed by atoms with Crippen molar-refractivity contribution in [1.82, 2.24) is 14.4 Å². The van der Waals surface area contributed by atoms with E-state index in [0.717, 1.165) is 17.4 Å². The van der Waals surface area contributed by atoms with Gasteiger partial charge in [-0.1, -0.05) is 17.7 Å². The van der Waals surface area contributed by atoms with Crippen LogP contribution in [0.3, 0.4) is 0 Å². The molecule has 3 aromatic heterocycles. The second-order valence-corrected chi connectivity index (χ2v) is 9.43. The molecular weight excluding hydrogens is 424 g/mol. The van der Waals surface area contributed by atoms with Crippen molar-refractivity contribution >= 4 is 37.7 Å². The molecule has 0 saturated carbocycles. The highest BCUT2D eigenvalue weighted by atomic mass is 32.2. The van der Waals surface area contributed by atoms with Gasteiger partial charge in [0, 0.05) is 23.4 Å². The van der Waals surface area contributed by atoms with E-state index in [-0.39, 0.29) is 10.9 Å². The number of rotatable bonds is 5. The number of aryl methyl sites for hydroxylation is 1. The molecule has 0 atom stereocenters. The van der Waals surface area contributed by atoms with Crippen LogP contribution < -0.4 is 10.1 Å². The first-order valence-corrected chi connectivity index (χ1v) is 11.6. The minimum Gasteiger partial charge on any atom is -0.496 e. The van der Waals surface area contributed by atoms with Crippen LogP contribution in [0, 0.1) is 6.92 Å². The predicted molar refractivity (Wildman–Crippen MR) is 115 cm³/mol. The number of carbonyl (C=O) groups is 1. The van der Waals surface area contributed by atoms with Crippen LogP contribution in [0.2, 0.25) is 0 Å². The topological polar surface area (TPSA) is 103 Å². The number of nitrogens with zero attached hydrogens (tertiary/aromatic N) is 3. The molecule has 0 aliphatic rings. The van der Waals surface area contributed by atoms with Crippen LogP contribution in [-0.2, 0) is 9.84 Å². The number of amides is 1. The summed E-state index contributed by atoms with van der Waals surface area (Å²) in [6.07, 6.45) is 2.61. The van der Waals surface area contributed by atoms with Crippen LogP contribution in [0.5, 0.6) is 5.75 Å². The maximum Gasteiger partial charge on any atom is 0.278 e. The summed E-state index contributed by atoms with van der Waals surface area (Å²) in [6, 6.07) is 10.8. The van der Waals surface area contributed by atoms with E-state index in [9.17, 15) is 13.2 Å². The molecule has 154 valence electrons. The van der Waals surface area contributed by atoms with Gasteiger partial charge in [-0.05, 0) is 31.2 Å². The zero-order valence-electron chi connectivity index (χ0n) is 16.4. The highest BCUT2D eigenvalue weighted by Crippen LogP contribution is 2.33. The molecule has 1 N–H and O–H groups in total. The average Bonchev–Trinajstić information content (AvgIpc) is 3.32. The van der Waals surface area contributed by atoms with Gasteiger partial charge in [-0.15, -0.1) is 11.3 Å². The molecule has 0 aliphatic carbocycles. The van der Waals surface area contributed by atoms with Gasteiger partial charge in [0.1, 0.15) is 5.75 Å². The summed E-state index contributed by atoms with van der Waals surface area (Å²) in [5.41, 5.74) is 2.96. The number of benzene rings is 1. The van der Waals surface area contributed by atoms with E-state index in [1.165, 1.54) is 15.7 Å². The number of carbonyl (C=O) groups excluding carboxylic acids is 1. The Morgan fingerprint density at radius 3 is 2.73 bits per heavy atom. The number of anilines is 1. The largest absolute Gasteiger partial charge is 0.496 e. The van der Waals surface area contributed by atoms with Crippen molar-refractivity contribution in [3.05, 3.63) is 59.2 Å². The van der Waals surface area contributed by atoms with E-state index in [4.69, 9.17) is 4.74 Å². The van der Waals surface area contributed by atoms with E-state index < -0.39 is 15.7 Å². The normalized spacial score (nSPS) is 11.6. The molecule has 4 rings (SSSR count). The number of hydrogen-bond acceptors (Lipinski definition) is 7. The number of hydrogen-bond donors (Lipinski definition) is 1. The van der Waals surface area contributed by atoms with Crippen LogP contribution in [0.15, 0.2) is 53.1 Å². The summed E-state index contributed by atoms with van der Waals surface area (Å²) in [4.78, 5) is 21.4. The van der Waals surface area contributed by atoms with Gasteiger partial charge in [-0.25, -0.2) is 18.4 Å². The van der Waals surface area contributed by atoms with Crippen molar-refractivity contribution in [2.24, 2.45) is 0 Å². The van der Waals surface area contributed by atoms with E-state index in [2.05, 4.69) is 15.3 Å². The molecule has 0 spiro atoms. The molecule has 4 aromatic rings. The van der Waals surface area contributed by atoms with Crippen LogP contribution in [0.1, 0.15) is 16.1 Å². The van der Waals surface area contributed by atoms with Crippen molar-refractivity contribution in [3.63, 3.8) is 0 Å². The van der Waals surface area contributed by atoms with Gasteiger partial charge >= 0.3 is 0 Å². The first-order valence-electron chi connectivity index (χ1n) is 8.87. The summed E-state index contributed by atoms with van der Waals surface area (Å²) in [5, 5.41) is 4.72. The monoisotopic (exact) mass is 442 g/mol. The molecular formula is C20H18N4O4S2. The second kappa shape index (κ2) is 7.54. The number of thiazole rings is 1. The Hall–Kier alpha value is -3.24. The lowest BCUT2D eigenvalue weighted by Gasteiger charge is -2.07. The van der Waals surface area contributed by atoms with Gasteiger partial charge in [0.15, 0.2) is 10.8 Å². The summed E-state index contributed by atoms with van der Waals surface area (Å²) < 4.78 is 30.9. The molecule has 1 amide bonds. The van der Waals surface area contributed by atoms with Gasteiger partial charge in [-0.3, -0.25) is 14.5 Å². The Labute approximate surface area is 177 Å². The van der Waals surface area contributed by atoms with E-state index in [0.29, 0.717) is 22.1 Å². The van der Waals surface area contributed by atoms with Gasteiger partial charge in [-0.2, -0.15) is 0 Å². The van der Waals surface area contributed by atoms with Crippen LogP contribution in [0.4, 0.5) is 5.13 Å². The van der Waals surface area contributed by atoms with E-state index >= 15 is 0 Å². The van der Waals surface area contributed by atoms with Crippen molar-refractivity contribution in [2.75, 3.05) is 18.7 Å². The quantitative estimate of drug-likeness (QED) is 0.508. The van der Waals surface area contributed by atoms with Crippen LogP contribution in [0.25, 0.3) is 16.8 Å². The first kappa shape index (κ1) is 20.0. The zero-order valence-corrected chi connectivity index (χ0v) is 18.0. The minimum atomic E-state index is -3.61. The number of fused-ring (bicyclic) bond motifs is 1. The fourth-order valence-electron chi connectivity index (χ4n) is 3.07. The molecule has 10 heteroatoms. The number of ether oxygens (including phenoxy) is 1. The maximum absolute atomic E-state index is 12.9. The van der Waals surface area contributed by atoms with Gasteiger partial charge in [0.05, 0.1) is 18.3 Å². The highest BCUT2D eigenvalue weighted by Gasteiger charge is 2.23. The minimum absolute atomic E-state index is 0.0147. The smallest absolute Gasteiger partial charge is 0.278 e. The summed E-state index contributed by atoms with van der Waals surface area (Å²) >= 11 is 1.26. The average molecular weight is 443 g/mol. The highest BCUT2D eigenvalue weighted by molar-refractivity contribution is 7.90. The standard InChI is InChI=1S/C20H18N4O4S2/c1-12-7-8-16(28-2)13(10-12)14-11-29-19(21-14)23-18(25)17-15-6-4-5-9-24(15)20(22-17)30(3,26)27/h4-11H,1-3H3,(H,21,23,25). The first-order chi connectivity index (χ1) is 14.3. The Morgan fingerprint density at radius 2 is 2.00 bits per heavy atom. The second-order valence-electron chi connectivity index (χ2n) is 6.67. The van der Waals surface area contributed by atoms with Crippen LogP contribution in [-0.4, -0.2) is 42.1 Å². The lowest BCUT2D eigenvalue weighted by atomic mass is 10.1. The zero-order chi connectivity index (χ0) is 21.5. The molecule has 0 aliphatic heterocycles. The molecule has 0 fully saturated rings. The number of methoxy groups -OCH3 is 1. The third-order valence-corrected chi connectivity index (χ3v) is 6.13. The molecule has 8 nitrogen and oxygen atoms in total. The van der Waals surface area contributed by atoms with E-state index in [1.807, 2.05) is 30.5 Å². The van der Waals surface area contributed by atoms with Gasteiger partial charge < -0.3 is 4.74 Å². The number of sulfone groups is 1. The maximum atomic E-state index is 12.9. The SMILES string of the molecule is COc1ccc(C)cc1-c1csc(NC(=O)c2nc(S(C)(=O)=O)n3ccccc23)n1. The molecule has 3 heterocycles. The summed E-state index contributed by atoms with van der Waals surface area (Å²) in [5.74, 6) is 0.146. The third kappa shape index (κ3) is 3.66. The Kier molecular flexibility index (Phi) is 5.04. The summed E-state index contributed by atoms with van der Waals surface area (Å²) in [7, 11) is -2.02. The van der Waals surface area contributed by atoms with E-state index in [1.54, 1.807) is 31.5 Å². The summed E-state index contributed by atoms with van der Waals surface area (Å²) in [6.45, 7) is 1.97. The van der Waals surface area contributed by atoms with Gasteiger partial charge in [0.25, 0.3) is 5.91 Å². The Morgan fingerprint density at radius 1 is 1.20 bits per heavy atom. The fourth-order valence-corrected chi connectivity index (χ4v) is 4.55. The molecule has 30 heavy (non-hydrogen) atoms. The molecule has 0 unspecified atom stereocenters. The lowest BCUT2D eigenvalue weighted by Crippen LogP contribution is -2.13. The molecule has 0 radical (unpaired) electrons. The Balaban J connectivity index is 1.68. The lowest BCUT2D eigenvalue weighted by molar-refractivity contribution is 0.102. The van der Waals surface area contributed by atoms with Crippen LogP contribution >= 0.6 is 11.3 Å². The number of pyridine rings is 1. The Bertz CT molecular complexity index is 1370. The van der Waals surface area contributed by atoms with Crippen molar-refractivity contribution < 1.29 is 17.9 Å². The van der Waals surface area contributed by atoms with Gasteiger partial charge in [0.2, 0.25) is 15.0 Å². The van der Waals surface area contributed by atoms with Crippen molar-refractivity contribution in [2.45, 2.75) is 12.1 Å². The predicted octanol–water partition coefficient (Wildman–Crippen LogP) is 3.43. The molecule has 0 bridgehead atoms. The number of nitrogens with one attached hydrogen (secondary N) is 1. The molecule has 0 saturated heterocycles. The number of imidazole rings is 1. The third-order valence-electron chi connectivity index (χ3n) is 4.42. The molecule has 1 aromatic carbocycles. The van der Waals surface area contributed by atoms with Crippen molar-refractivity contribution in [3.8, 4) is 17.0 Å². The number of aromatic nitrogens is 3. The fraction of sp³-hybridized carbons (Fsp3) is 0.150. The van der Waals surface area contributed by atoms with Crippen molar-refractivity contribution in [1.29, 1.82) is 0 Å².